The van der Waals surface area contributed by atoms with Crippen molar-refractivity contribution in [3.63, 3.8) is 0 Å². The summed E-state index contributed by atoms with van der Waals surface area (Å²) in [6.07, 6.45) is 1.38. The Labute approximate surface area is 149 Å². The smallest absolute Gasteiger partial charge is 0.270 e. The maximum absolute atomic E-state index is 12.7. The van der Waals surface area contributed by atoms with Crippen molar-refractivity contribution in [2.24, 2.45) is 0 Å². The molecule has 0 atom stereocenters. The van der Waals surface area contributed by atoms with Gasteiger partial charge in [0.2, 0.25) is 0 Å². The lowest BCUT2D eigenvalue weighted by atomic mass is 10.0. The van der Waals surface area contributed by atoms with Crippen LogP contribution in [-0.2, 0) is 22.9 Å². The summed E-state index contributed by atoms with van der Waals surface area (Å²) in [6.45, 7) is 3.91. The summed E-state index contributed by atoms with van der Waals surface area (Å²) >= 11 is 3.11. The first-order valence-electron chi connectivity index (χ1n) is 7.37. The molecule has 0 saturated heterocycles. The van der Waals surface area contributed by atoms with Gasteiger partial charge >= 0.3 is 0 Å². The molecule has 0 radical (unpaired) electrons. The van der Waals surface area contributed by atoms with E-state index in [2.05, 4.69) is 20.7 Å². The first-order chi connectivity index (χ1) is 11.3. The third-order valence-corrected chi connectivity index (χ3v) is 5.98. The average molecular weight is 413 g/mol. The van der Waals surface area contributed by atoms with E-state index in [1.54, 1.807) is 0 Å². The van der Waals surface area contributed by atoms with E-state index in [0.29, 0.717) is 18.5 Å². The summed E-state index contributed by atoms with van der Waals surface area (Å²) in [5.74, 6) is 0. The van der Waals surface area contributed by atoms with Gasteiger partial charge in [0.05, 0.1) is 10.6 Å². The Bertz CT molecular complexity index is 859. The van der Waals surface area contributed by atoms with Crippen molar-refractivity contribution >= 4 is 37.3 Å². The van der Waals surface area contributed by atoms with Crippen LogP contribution in [0.1, 0.15) is 25.0 Å². The summed E-state index contributed by atoms with van der Waals surface area (Å²) < 4.78 is 28.2. The van der Waals surface area contributed by atoms with Gasteiger partial charge < -0.3 is 0 Å². The number of nitrogens with zero attached hydrogens (tertiary/aromatic N) is 1. The number of anilines is 1. The van der Waals surface area contributed by atoms with Gasteiger partial charge in [0.15, 0.2) is 0 Å². The van der Waals surface area contributed by atoms with Gasteiger partial charge in [0.25, 0.3) is 15.7 Å². The molecule has 2 aromatic rings. The number of nitro benzene ring substituents is 1. The van der Waals surface area contributed by atoms with E-state index in [9.17, 15) is 18.5 Å². The third kappa shape index (κ3) is 3.76. The second-order valence-electron chi connectivity index (χ2n) is 5.14. The number of nitro groups is 1. The van der Waals surface area contributed by atoms with E-state index in [-0.39, 0.29) is 15.1 Å². The van der Waals surface area contributed by atoms with E-state index < -0.39 is 14.9 Å². The number of non-ortho nitro benzene ring substituents is 1. The Kier molecular flexibility index (Phi) is 5.61. The number of nitrogens with one attached hydrogen (secondary N) is 1. The van der Waals surface area contributed by atoms with Crippen molar-refractivity contribution < 1.29 is 13.3 Å². The van der Waals surface area contributed by atoms with Crippen LogP contribution in [0.25, 0.3) is 0 Å². The minimum absolute atomic E-state index is 0.0407. The zero-order chi connectivity index (χ0) is 17.9. The van der Waals surface area contributed by atoms with E-state index in [1.165, 1.54) is 18.2 Å². The molecule has 0 bridgehead atoms. The van der Waals surface area contributed by atoms with Gasteiger partial charge in [-0.05, 0) is 46.0 Å². The summed E-state index contributed by atoms with van der Waals surface area (Å²) in [7, 11) is -3.87. The number of hydrogen-bond donors (Lipinski definition) is 1. The van der Waals surface area contributed by atoms with Crippen LogP contribution in [0, 0.1) is 10.1 Å². The minimum atomic E-state index is -3.87. The van der Waals surface area contributed by atoms with Crippen molar-refractivity contribution in [1.29, 1.82) is 0 Å². The Hall–Kier alpha value is -1.93. The lowest BCUT2D eigenvalue weighted by Crippen LogP contribution is -2.16. The fourth-order valence-electron chi connectivity index (χ4n) is 2.38. The maximum Gasteiger partial charge on any atom is 0.270 e. The van der Waals surface area contributed by atoms with Crippen LogP contribution in [0.15, 0.2) is 45.8 Å². The summed E-state index contributed by atoms with van der Waals surface area (Å²) in [5, 5.41) is 10.8. The van der Waals surface area contributed by atoms with Crippen LogP contribution < -0.4 is 4.72 Å². The van der Waals surface area contributed by atoms with Crippen molar-refractivity contribution in [2.75, 3.05) is 4.72 Å². The van der Waals surface area contributed by atoms with Gasteiger partial charge in [-0.3, -0.25) is 14.8 Å². The molecule has 0 aliphatic heterocycles. The normalized spacial score (nSPS) is 11.3. The molecule has 0 aromatic heterocycles. The molecule has 0 saturated carbocycles. The molecule has 0 aliphatic rings. The molecule has 0 unspecified atom stereocenters. The fourth-order valence-corrected chi connectivity index (χ4v) is 4.59. The van der Waals surface area contributed by atoms with Crippen LogP contribution in [0.3, 0.4) is 0 Å². The number of halogens is 1. The topological polar surface area (TPSA) is 89.3 Å². The molecule has 1 N–H and O–H groups in total. The van der Waals surface area contributed by atoms with Crippen LogP contribution >= 0.6 is 15.9 Å². The molecule has 0 heterocycles. The molecule has 0 fully saturated rings. The van der Waals surface area contributed by atoms with Gasteiger partial charge in [0, 0.05) is 16.6 Å². The van der Waals surface area contributed by atoms with E-state index in [1.807, 2.05) is 32.0 Å². The Morgan fingerprint density at radius 3 is 2.17 bits per heavy atom. The molecule has 0 aliphatic carbocycles. The quantitative estimate of drug-likeness (QED) is 0.565. The molecule has 6 nitrogen and oxygen atoms in total. The van der Waals surface area contributed by atoms with Gasteiger partial charge in [-0.1, -0.05) is 32.0 Å². The maximum atomic E-state index is 12.7. The predicted octanol–water partition coefficient (Wildman–Crippen LogP) is 4.28. The van der Waals surface area contributed by atoms with Crippen LogP contribution in [0.5, 0.6) is 0 Å². The number of benzene rings is 2. The van der Waals surface area contributed by atoms with Crippen molar-refractivity contribution in [1.82, 2.24) is 0 Å². The Balaban J connectivity index is 2.48. The highest BCUT2D eigenvalue weighted by Crippen LogP contribution is 2.30. The zero-order valence-corrected chi connectivity index (χ0v) is 15.6. The van der Waals surface area contributed by atoms with Crippen LogP contribution in [0.4, 0.5) is 11.4 Å². The van der Waals surface area contributed by atoms with E-state index in [0.717, 1.165) is 11.1 Å². The van der Waals surface area contributed by atoms with E-state index in [4.69, 9.17) is 0 Å². The molecule has 8 heteroatoms. The van der Waals surface area contributed by atoms with Crippen molar-refractivity contribution in [3.05, 3.63) is 62.1 Å². The number of aryl methyl sites for hydroxylation is 2. The highest BCUT2D eigenvalue weighted by atomic mass is 79.9. The molecule has 2 rings (SSSR count). The fraction of sp³-hybridized carbons (Fsp3) is 0.250. The monoisotopic (exact) mass is 412 g/mol. The van der Waals surface area contributed by atoms with Crippen LogP contribution in [-0.4, -0.2) is 13.3 Å². The second kappa shape index (κ2) is 7.31. The largest absolute Gasteiger partial charge is 0.279 e. The van der Waals surface area contributed by atoms with Crippen LogP contribution in [0.2, 0.25) is 0 Å². The molecule has 0 amide bonds. The SMILES string of the molecule is CCc1cccc(CC)c1NS(=O)(=O)c1ccc([N+](=O)[O-])cc1Br. The van der Waals surface area contributed by atoms with Crippen molar-refractivity contribution in [3.8, 4) is 0 Å². The molecule has 2 aromatic carbocycles. The number of sulfonamides is 1. The summed E-state index contributed by atoms with van der Waals surface area (Å²) in [6, 6.07) is 9.23. The Morgan fingerprint density at radius 1 is 1.12 bits per heavy atom. The lowest BCUT2D eigenvalue weighted by Gasteiger charge is -2.16. The number of para-hydroxylation sites is 1. The molecular weight excluding hydrogens is 396 g/mol. The third-order valence-electron chi connectivity index (χ3n) is 3.65. The zero-order valence-electron chi connectivity index (χ0n) is 13.2. The van der Waals surface area contributed by atoms with Gasteiger partial charge in [-0.2, -0.15) is 0 Å². The summed E-state index contributed by atoms with van der Waals surface area (Å²) in [5.41, 5.74) is 2.20. The number of rotatable bonds is 6. The minimum Gasteiger partial charge on any atom is -0.279 e. The highest BCUT2D eigenvalue weighted by molar-refractivity contribution is 9.10. The van der Waals surface area contributed by atoms with Gasteiger partial charge in [-0.25, -0.2) is 8.42 Å². The molecule has 0 spiro atoms. The molecule has 128 valence electrons. The van der Waals surface area contributed by atoms with Gasteiger partial charge in [0.1, 0.15) is 4.90 Å². The highest BCUT2D eigenvalue weighted by Gasteiger charge is 2.22. The summed E-state index contributed by atoms with van der Waals surface area (Å²) in [4.78, 5) is 10.2. The Morgan fingerprint density at radius 2 is 1.71 bits per heavy atom. The van der Waals surface area contributed by atoms with E-state index >= 15 is 0 Å². The standard InChI is InChI=1S/C16H17BrN2O4S/c1-3-11-6-5-7-12(4-2)16(11)18-24(22,23)15-9-8-13(19(20)21)10-14(15)17/h5-10,18H,3-4H2,1-2H3. The lowest BCUT2D eigenvalue weighted by molar-refractivity contribution is -0.385. The predicted molar refractivity (Wildman–Crippen MR) is 96.8 cm³/mol. The van der Waals surface area contributed by atoms with Crippen molar-refractivity contribution in [2.45, 2.75) is 31.6 Å². The first kappa shape index (κ1) is 18.4. The molecular formula is C16H17BrN2O4S. The number of hydrogen-bond acceptors (Lipinski definition) is 4. The molecule has 24 heavy (non-hydrogen) atoms. The second-order valence-corrected chi connectivity index (χ2v) is 7.64. The average Bonchev–Trinajstić information content (AvgIpc) is 2.54. The first-order valence-corrected chi connectivity index (χ1v) is 9.65. The van der Waals surface area contributed by atoms with Gasteiger partial charge in [-0.15, -0.1) is 0 Å².